The van der Waals surface area contributed by atoms with E-state index in [9.17, 15) is 39.6 Å². The van der Waals surface area contributed by atoms with Crippen molar-refractivity contribution in [3.05, 3.63) is 119 Å². The highest BCUT2D eigenvalue weighted by Gasteiger charge is 2.48. The monoisotopic (exact) mass is 1060 g/mol. The Morgan fingerprint density at radius 2 is 1.42 bits per heavy atom. The second-order valence-corrected chi connectivity index (χ2v) is 24.2. The predicted octanol–water partition coefficient (Wildman–Crippen LogP) is 9.81. The summed E-state index contributed by atoms with van der Waals surface area (Å²) in [7, 11) is -11.0. The third kappa shape index (κ3) is 14.7. The van der Waals surface area contributed by atoms with Gasteiger partial charge in [-0.3, -0.25) is 14.6 Å². The maximum absolute atomic E-state index is 14.3. The number of sulfonamides is 1. The van der Waals surface area contributed by atoms with Gasteiger partial charge in [-0.25, -0.2) is 26.4 Å². The number of nitrogens with one attached hydrogen (secondary N) is 2. The number of anilines is 2. The minimum Gasteiger partial charge on any atom is -0.444 e. The normalized spacial score (nSPS) is 17.4. The SMILES string of the molecule is CC(C)(C)OC(=O)N1CCN(CC[C@H](CSc2ccccc2)Nc2ccc(S(=O)(=O)NC(=O)c3ccc(N4CCN(CC5=C(c6ccc(Cl)cc6)CCCCC5)CC4)cc3)cc2S(=O)(=O)C(F)(F)F)CC1. The van der Waals surface area contributed by atoms with Crippen LogP contribution in [0.15, 0.2) is 117 Å². The molecule has 1 atom stereocenters. The van der Waals surface area contributed by atoms with Gasteiger partial charge in [-0.15, -0.1) is 11.8 Å². The van der Waals surface area contributed by atoms with Gasteiger partial charge in [0.05, 0.1) is 10.6 Å². The predicted molar refractivity (Wildman–Crippen MR) is 274 cm³/mol. The zero-order valence-corrected chi connectivity index (χ0v) is 43.4. The molecule has 2 saturated heterocycles. The summed E-state index contributed by atoms with van der Waals surface area (Å²) in [5.74, 6) is -0.731. The van der Waals surface area contributed by atoms with Crippen LogP contribution in [0.2, 0.25) is 5.02 Å². The second kappa shape index (κ2) is 23.4. The molecule has 2 amide bonds. The fourth-order valence-corrected chi connectivity index (χ4v) is 12.0. The lowest BCUT2D eigenvalue weighted by Gasteiger charge is -2.37. The van der Waals surface area contributed by atoms with Crippen molar-refractivity contribution in [1.29, 1.82) is 0 Å². The Balaban J connectivity index is 1.01. The summed E-state index contributed by atoms with van der Waals surface area (Å²) < 4.78 is 104. The van der Waals surface area contributed by atoms with Crippen LogP contribution < -0.4 is 14.9 Å². The van der Waals surface area contributed by atoms with Crippen LogP contribution in [0, 0.1) is 0 Å². The van der Waals surface area contributed by atoms with Crippen molar-refractivity contribution in [1.82, 2.24) is 19.4 Å². The van der Waals surface area contributed by atoms with E-state index in [2.05, 4.69) is 32.1 Å². The molecule has 1 aliphatic carbocycles. The first kappa shape index (κ1) is 54.0. The topological polar surface area (TPSA) is 149 Å². The summed E-state index contributed by atoms with van der Waals surface area (Å²) >= 11 is 7.60. The zero-order valence-electron chi connectivity index (χ0n) is 40.2. The molecule has 0 saturated carbocycles. The van der Waals surface area contributed by atoms with Gasteiger partial charge in [0.15, 0.2) is 0 Å². The summed E-state index contributed by atoms with van der Waals surface area (Å²) in [4.78, 5) is 33.1. The lowest BCUT2D eigenvalue weighted by atomic mass is 9.95. The largest absolute Gasteiger partial charge is 0.501 e. The van der Waals surface area contributed by atoms with Gasteiger partial charge in [0.25, 0.3) is 25.8 Å². The summed E-state index contributed by atoms with van der Waals surface area (Å²) in [6.07, 6.45) is 5.56. The van der Waals surface area contributed by atoms with Crippen molar-refractivity contribution in [3.63, 3.8) is 0 Å². The molecule has 384 valence electrons. The molecule has 0 unspecified atom stereocenters. The number of benzene rings is 4. The molecule has 2 fully saturated rings. The number of sulfone groups is 1. The van der Waals surface area contributed by atoms with Gasteiger partial charge in [-0.2, -0.15) is 13.2 Å². The van der Waals surface area contributed by atoms with Crippen LogP contribution in [0.3, 0.4) is 0 Å². The maximum Gasteiger partial charge on any atom is 0.501 e. The molecule has 7 rings (SSSR count). The highest BCUT2D eigenvalue weighted by atomic mass is 35.5. The van der Waals surface area contributed by atoms with Crippen LogP contribution in [-0.2, 0) is 24.6 Å². The maximum atomic E-state index is 14.3. The first-order chi connectivity index (χ1) is 33.6. The Bertz CT molecular complexity index is 2730. The van der Waals surface area contributed by atoms with Crippen molar-refractivity contribution >= 4 is 72.2 Å². The highest BCUT2D eigenvalue weighted by molar-refractivity contribution is 7.99. The number of rotatable bonds is 16. The average molecular weight is 1060 g/mol. The number of ether oxygens (including phenoxy) is 1. The van der Waals surface area contributed by atoms with E-state index in [0.29, 0.717) is 56.0 Å². The lowest BCUT2D eigenvalue weighted by Crippen LogP contribution is -2.50. The Kier molecular flexibility index (Phi) is 17.8. The van der Waals surface area contributed by atoms with Crippen molar-refractivity contribution in [2.75, 3.05) is 81.4 Å². The molecule has 2 N–H and O–H groups in total. The lowest BCUT2D eigenvalue weighted by molar-refractivity contribution is -0.0436. The Labute approximate surface area is 425 Å². The number of nitrogens with zero attached hydrogens (tertiary/aromatic N) is 4. The molecular formula is C51H62ClF3N6O7S3. The smallest absolute Gasteiger partial charge is 0.444 e. The molecule has 4 aromatic carbocycles. The molecule has 0 radical (unpaired) electrons. The summed E-state index contributed by atoms with van der Waals surface area (Å²) in [5.41, 5.74) is -1.95. The number of amides is 2. The molecular weight excluding hydrogens is 997 g/mol. The number of hydrogen-bond acceptors (Lipinski definition) is 12. The number of carbonyl (C=O) groups is 2. The van der Waals surface area contributed by atoms with Gasteiger partial charge in [0, 0.05) is 98.4 Å². The van der Waals surface area contributed by atoms with Crippen LogP contribution in [0.1, 0.15) is 75.2 Å². The Morgan fingerprint density at radius 1 is 0.775 bits per heavy atom. The van der Waals surface area contributed by atoms with E-state index in [4.69, 9.17) is 16.3 Å². The molecule has 20 heteroatoms. The van der Waals surface area contributed by atoms with E-state index in [1.807, 2.05) is 47.2 Å². The number of halogens is 4. The summed E-state index contributed by atoms with van der Waals surface area (Å²) in [5, 5.41) is 3.71. The van der Waals surface area contributed by atoms with Crippen molar-refractivity contribution in [3.8, 4) is 0 Å². The molecule has 13 nitrogen and oxygen atoms in total. The molecule has 4 aromatic rings. The van der Waals surface area contributed by atoms with Crippen LogP contribution in [-0.4, -0.2) is 132 Å². The molecule has 71 heavy (non-hydrogen) atoms. The van der Waals surface area contributed by atoms with E-state index >= 15 is 0 Å². The fraction of sp³-hybridized carbons (Fsp3) is 0.451. The second-order valence-electron chi connectivity index (χ2n) is 19.1. The van der Waals surface area contributed by atoms with E-state index in [-0.39, 0.29) is 5.56 Å². The van der Waals surface area contributed by atoms with Gasteiger partial charge < -0.3 is 19.9 Å². The number of allylic oxidation sites excluding steroid dienone is 1. The number of alkyl halides is 3. The first-order valence-electron chi connectivity index (χ1n) is 23.9. The van der Waals surface area contributed by atoms with Gasteiger partial charge in [0.2, 0.25) is 0 Å². The van der Waals surface area contributed by atoms with Gasteiger partial charge in [0.1, 0.15) is 10.5 Å². The molecule has 0 bridgehead atoms. The van der Waals surface area contributed by atoms with E-state index < -0.39 is 64.5 Å². The third-order valence-corrected chi connectivity index (χ3v) is 17.0. The minimum absolute atomic E-state index is 0.0163. The van der Waals surface area contributed by atoms with Crippen LogP contribution in [0.25, 0.3) is 5.57 Å². The Morgan fingerprint density at radius 3 is 2.07 bits per heavy atom. The van der Waals surface area contributed by atoms with Crippen molar-refractivity contribution in [2.45, 2.75) is 91.1 Å². The molecule has 2 aliphatic heterocycles. The number of carbonyl (C=O) groups excluding carboxylic acids is 2. The minimum atomic E-state index is -6.11. The van der Waals surface area contributed by atoms with Gasteiger partial charge in [-0.1, -0.05) is 53.9 Å². The van der Waals surface area contributed by atoms with E-state index in [1.54, 1.807) is 37.8 Å². The summed E-state index contributed by atoms with van der Waals surface area (Å²) in [6.45, 7) is 11.7. The van der Waals surface area contributed by atoms with Crippen LogP contribution >= 0.6 is 23.4 Å². The van der Waals surface area contributed by atoms with Crippen molar-refractivity contribution in [2.24, 2.45) is 0 Å². The quantitative estimate of drug-likeness (QED) is 0.103. The van der Waals surface area contributed by atoms with E-state index in [1.165, 1.54) is 47.0 Å². The van der Waals surface area contributed by atoms with Gasteiger partial charge in [-0.05, 0) is 131 Å². The number of hydrogen-bond donors (Lipinski definition) is 2. The van der Waals surface area contributed by atoms with Gasteiger partial charge >= 0.3 is 11.6 Å². The molecule has 3 aliphatic rings. The number of piperazine rings is 2. The average Bonchev–Trinajstić information content (AvgIpc) is 3.57. The first-order valence-corrected chi connectivity index (χ1v) is 28.2. The third-order valence-electron chi connectivity index (χ3n) is 12.8. The Hall–Kier alpha value is -4.79. The van der Waals surface area contributed by atoms with E-state index in [0.717, 1.165) is 81.1 Å². The van der Waals surface area contributed by atoms with Crippen LogP contribution in [0.4, 0.5) is 29.3 Å². The highest BCUT2D eigenvalue weighted by Crippen LogP contribution is 2.37. The number of thioether (sulfide) groups is 1. The standard InChI is InChI=1S/C51H62ClF3N6O7S3/c1-50(2,3)68-49(63)61-32-26-58(27-33-61)25-24-41(36-69-43-11-7-5-8-12-43)56-46-23-22-44(34-47(46)70(64,65)51(53,54)55)71(66,67)57-48(62)38-16-20-42(21-17-38)60-30-28-59(29-31-60)35-39-10-6-4-9-13-45(39)37-14-18-40(52)19-15-37/h5,7-8,11-12,14-23,34,41,56H,4,6,9-10,13,24-33,35-36H2,1-3H3,(H,57,62)/t41-/m1/s1. The van der Waals surface area contributed by atoms with Crippen LogP contribution in [0.5, 0.6) is 0 Å². The molecule has 0 spiro atoms. The fourth-order valence-electron chi connectivity index (χ4n) is 8.90. The van der Waals surface area contributed by atoms with Crippen molar-refractivity contribution < 1.29 is 44.3 Å². The zero-order chi connectivity index (χ0) is 51.0. The molecule has 0 aromatic heterocycles. The molecule has 2 heterocycles. The summed E-state index contributed by atoms with van der Waals surface area (Å²) in [6, 6.07) is 25.5.